The van der Waals surface area contributed by atoms with Crippen molar-refractivity contribution >= 4 is 22.7 Å². The first-order valence-corrected chi connectivity index (χ1v) is 10.1. The van der Waals surface area contributed by atoms with Gasteiger partial charge in [-0.25, -0.2) is 9.40 Å². The fourth-order valence-electron chi connectivity index (χ4n) is 3.88. The van der Waals surface area contributed by atoms with Gasteiger partial charge in [0, 0.05) is 29.9 Å². The van der Waals surface area contributed by atoms with Crippen LogP contribution < -0.4 is 4.74 Å². The van der Waals surface area contributed by atoms with Crippen molar-refractivity contribution < 1.29 is 13.9 Å². The summed E-state index contributed by atoms with van der Waals surface area (Å²) in [6.45, 7) is 0. The highest BCUT2D eigenvalue weighted by atomic mass is 19.1. The number of aromatic nitrogens is 2. The molecule has 0 spiro atoms. The number of carbonyl (C=O) groups excluding carboxylic acids is 1. The molecule has 158 valence electrons. The fourth-order valence-corrected chi connectivity index (χ4v) is 3.88. The average molecular weight is 426 g/mol. The molecule has 32 heavy (non-hydrogen) atoms. The zero-order valence-electron chi connectivity index (χ0n) is 17.3. The Bertz CT molecular complexity index is 1350. The zero-order valence-corrected chi connectivity index (χ0v) is 17.3. The van der Waals surface area contributed by atoms with Gasteiger partial charge in [0.15, 0.2) is 0 Å². The summed E-state index contributed by atoms with van der Waals surface area (Å²) in [6, 6.07) is 18.6. The lowest BCUT2D eigenvalue weighted by molar-refractivity contribution is 0.0710. The van der Waals surface area contributed by atoms with Crippen LogP contribution in [0.25, 0.3) is 11.0 Å². The predicted octanol–water partition coefficient (Wildman–Crippen LogP) is 4.77. The van der Waals surface area contributed by atoms with Crippen LogP contribution in [0.4, 0.5) is 4.39 Å². The third-order valence-electron chi connectivity index (χ3n) is 5.47. The van der Waals surface area contributed by atoms with E-state index in [1.807, 2.05) is 42.5 Å². The molecule has 1 atom stereocenters. The molecule has 0 bridgehead atoms. The molecule has 5 rings (SSSR count). The molecular formula is C25H19FN4O2. The third-order valence-corrected chi connectivity index (χ3v) is 5.47. The van der Waals surface area contributed by atoms with Crippen LogP contribution in [-0.2, 0) is 0 Å². The number of benzene rings is 3. The van der Waals surface area contributed by atoms with E-state index in [4.69, 9.17) is 4.74 Å². The quantitative estimate of drug-likeness (QED) is 0.472. The van der Waals surface area contributed by atoms with E-state index in [9.17, 15) is 9.18 Å². The number of ether oxygens (including phenoxy) is 1. The number of hydrazone groups is 1. The highest BCUT2D eigenvalue weighted by Crippen LogP contribution is 2.35. The Labute approximate surface area is 184 Å². The van der Waals surface area contributed by atoms with Crippen molar-refractivity contribution in [3.8, 4) is 5.75 Å². The molecule has 0 saturated carbocycles. The minimum Gasteiger partial charge on any atom is -0.497 e. The molecule has 6 nitrogen and oxygen atoms in total. The van der Waals surface area contributed by atoms with E-state index in [2.05, 4.69) is 15.1 Å². The predicted molar refractivity (Wildman–Crippen MR) is 119 cm³/mol. The van der Waals surface area contributed by atoms with Crippen molar-refractivity contribution in [1.82, 2.24) is 15.0 Å². The number of fused-ring (bicyclic) bond motifs is 1. The lowest BCUT2D eigenvalue weighted by atomic mass is 9.97. The van der Waals surface area contributed by atoms with E-state index in [-0.39, 0.29) is 17.5 Å². The van der Waals surface area contributed by atoms with Crippen molar-refractivity contribution in [3.63, 3.8) is 0 Å². The van der Waals surface area contributed by atoms with Crippen molar-refractivity contribution in [2.75, 3.05) is 7.11 Å². The molecule has 1 aliphatic heterocycles. The second-order valence-corrected chi connectivity index (χ2v) is 7.46. The Balaban J connectivity index is 1.58. The van der Waals surface area contributed by atoms with Crippen LogP contribution in [-0.4, -0.2) is 33.7 Å². The summed E-state index contributed by atoms with van der Waals surface area (Å²) in [5.74, 6) is -0.131. The van der Waals surface area contributed by atoms with Crippen LogP contribution in [0.3, 0.4) is 0 Å². The van der Waals surface area contributed by atoms with Gasteiger partial charge in [-0.2, -0.15) is 5.10 Å². The third kappa shape index (κ3) is 3.69. The first kappa shape index (κ1) is 19.8. The highest BCUT2D eigenvalue weighted by Gasteiger charge is 2.34. The van der Waals surface area contributed by atoms with E-state index in [0.717, 1.165) is 27.9 Å². The lowest BCUT2D eigenvalue weighted by Gasteiger charge is -2.22. The van der Waals surface area contributed by atoms with Crippen LogP contribution in [0.2, 0.25) is 0 Å². The molecular weight excluding hydrogens is 407 g/mol. The number of rotatable bonds is 4. The van der Waals surface area contributed by atoms with Gasteiger partial charge in [-0.3, -0.25) is 14.8 Å². The summed E-state index contributed by atoms with van der Waals surface area (Å²) in [4.78, 5) is 22.0. The first-order valence-electron chi connectivity index (χ1n) is 10.1. The summed E-state index contributed by atoms with van der Waals surface area (Å²) >= 11 is 0. The van der Waals surface area contributed by atoms with E-state index < -0.39 is 5.82 Å². The standard InChI is InChI=1S/C25H19FN4O2/c1-32-20-7-3-4-16(13-20)22-15-24(17-8-9-21-23(14-17)28-11-10-27-21)30(29-22)25(31)18-5-2-6-19(26)12-18/h2-14,24H,15H2,1H3/t24-/m0/s1. The molecule has 4 aromatic rings. The Morgan fingerprint density at radius 3 is 2.62 bits per heavy atom. The van der Waals surface area contributed by atoms with Crippen LogP contribution in [0.5, 0.6) is 5.75 Å². The molecule has 0 N–H and O–H groups in total. The van der Waals surface area contributed by atoms with Crippen LogP contribution in [0.1, 0.15) is 33.9 Å². The van der Waals surface area contributed by atoms with Gasteiger partial charge in [0.05, 0.1) is 29.9 Å². The summed E-state index contributed by atoms with van der Waals surface area (Å²) in [5.41, 5.74) is 4.24. The molecule has 0 aliphatic carbocycles. The lowest BCUT2D eigenvalue weighted by Crippen LogP contribution is -2.27. The van der Waals surface area contributed by atoms with Gasteiger partial charge >= 0.3 is 0 Å². The van der Waals surface area contributed by atoms with Crippen molar-refractivity contribution in [3.05, 3.63) is 102 Å². The topological polar surface area (TPSA) is 67.7 Å². The Morgan fingerprint density at radius 1 is 1.00 bits per heavy atom. The maximum Gasteiger partial charge on any atom is 0.274 e. The van der Waals surface area contributed by atoms with Crippen LogP contribution in [0.15, 0.2) is 84.2 Å². The molecule has 0 radical (unpaired) electrons. The van der Waals surface area contributed by atoms with Gasteiger partial charge in [-0.15, -0.1) is 0 Å². The Morgan fingerprint density at radius 2 is 1.81 bits per heavy atom. The largest absolute Gasteiger partial charge is 0.497 e. The van der Waals surface area contributed by atoms with Crippen molar-refractivity contribution in [2.24, 2.45) is 5.10 Å². The van der Waals surface area contributed by atoms with E-state index >= 15 is 0 Å². The molecule has 0 saturated heterocycles. The smallest absolute Gasteiger partial charge is 0.274 e. The van der Waals surface area contributed by atoms with Gasteiger partial charge < -0.3 is 4.74 Å². The maximum absolute atomic E-state index is 13.8. The van der Waals surface area contributed by atoms with E-state index in [1.54, 1.807) is 25.6 Å². The normalized spacial score (nSPS) is 15.6. The minimum atomic E-state index is -0.468. The number of hydrogen-bond donors (Lipinski definition) is 0. The van der Waals surface area contributed by atoms with Gasteiger partial charge in [0.1, 0.15) is 11.6 Å². The molecule has 2 heterocycles. The molecule has 1 amide bonds. The van der Waals surface area contributed by atoms with Gasteiger partial charge in [0.25, 0.3) is 5.91 Å². The van der Waals surface area contributed by atoms with E-state index in [1.165, 1.54) is 23.2 Å². The number of carbonyl (C=O) groups is 1. The second-order valence-electron chi connectivity index (χ2n) is 7.46. The molecule has 0 unspecified atom stereocenters. The van der Waals surface area contributed by atoms with Crippen molar-refractivity contribution in [1.29, 1.82) is 0 Å². The number of hydrogen-bond acceptors (Lipinski definition) is 5. The summed E-state index contributed by atoms with van der Waals surface area (Å²) in [6.07, 6.45) is 3.77. The van der Waals surface area contributed by atoms with E-state index in [0.29, 0.717) is 12.2 Å². The SMILES string of the molecule is COc1cccc(C2=NN(C(=O)c3cccc(F)c3)[C@H](c3ccc4nccnc4c3)C2)c1. The monoisotopic (exact) mass is 426 g/mol. The summed E-state index contributed by atoms with van der Waals surface area (Å²) in [7, 11) is 1.61. The number of halogens is 1. The molecule has 1 aliphatic rings. The van der Waals surface area contributed by atoms with Crippen LogP contribution >= 0.6 is 0 Å². The fraction of sp³-hybridized carbons (Fsp3) is 0.120. The summed E-state index contributed by atoms with van der Waals surface area (Å²) in [5, 5.41) is 6.10. The first-order chi connectivity index (χ1) is 15.6. The van der Waals surface area contributed by atoms with Gasteiger partial charge in [-0.05, 0) is 48.0 Å². The minimum absolute atomic E-state index is 0.242. The van der Waals surface area contributed by atoms with Gasteiger partial charge in [-0.1, -0.05) is 24.3 Å². The van der Waals surface area contributed by atoms with Crippen LogP contribution in [0, 0.1) is 5.82 Å². The summed E-state index contributed by atoms with van der Waals surface area (Å²) < 4.78 is 19.1. The Kier molecular flexibility index (Phi) is 5.07. The van der Waals surface area contributed by atoms with Crippen molar-refractivity contribution in [2.45, 2.75) is 12.5 Å². The average Bonchev–Trinajstić information content (AvgIpc) is 3.29. The zero-order chi connectivity index (χ0) is 22.1. The second kappa shape index (κ2) is 8.19. The number of nitrogens with zero attached hydrogens (tertiary/aromatic N) is 4. The van der Waals surface area contributed by atoms with Gasteiger partial charge in [0.2, 0.25) is 0 Å². The highest BCUT2D eigenvalue weighted by molar-refractivity contribution is 6.05. The molecule has 1 aromatic heterocycles. The number of methoxy groups -OCH3 is 1. The maximum atomic E-state index is 13.8. The number of amides is 1. The molecule has 3 aromatic carbocycles. The Hall–Kier alpha value is -4.13. The molecule has 0 fully saturated rings. The molecule has 7 heteroatoms.